The molecule has 0 radical (unpaired) electrons. The van der Waals surface area contributed by atoms with Crippen LogP contribution in [0.4, 0.5) is 5.69 Å². The maximum atomic E-state index is 2.43. The van der Waals surface area contributed by atoms with Gasteiger partial charge in [0, 0.05) is 0 Å². The number of aryl methyl sites for hydroxylation is 1. The van der Waals surface area contributed by atoms with Crippen molar-refractivity contribution in [2.45, 2.75) is 13.8 Å². The van der Waals surface area contributed by atoms with Gasteiger partial charge in [-0.1, -0.05) is 0 Å². The van der Waals surface area contributed by atoms with E-state index in [2.05, 4.69) is 97.4 Å². The Bertz CT molecular complexity index is 1200. The average molecular weight is 417 g/mol. The first kappa shape index (κ1) is 16.7. The zero-order valence-corrected chi connectivity index (χ0v) is 17.6. The summed E-state index contributed by atoms with van der Waals surface area (Å²) in [6, 6.07) is 24.6. The van der Waals surface area contributed by atoms with E-state index in [9.17, 15) is 0 Å². The van der Waals surface area contributed by atoms with Gasteiger partial charge in [-0.25, -0.2) is 0 Å². The van der Waals surface area contributed by atoms with Crippen LogP contribution in [-0.4, -0.2) is 33.1 Å². The van der Waals surface area contributed by atoms with Gasteiger partial charge in [0.1, 0.15) is 0 Å². The van der Waals surface area contributed by atoms with Gasteiger partial charge in [-0.15, -0.1) is 0 Å². The fraction of sp³-hybridized carbons (Fsp3) is 0.167. The summed E-state index contributed by atoms with van der Waals surface area (Å²) in [5, 5.41) is 2.84. The Labute approximate surface area is 166 Å². The van der Waals surface area contributed by atoms with Crippen LogP contribution in [0.15, 0.2) is 72.4 Å². The Hall–Kier alpha value is -2.48. The van der Waals surface area contributed by atoms with E-state index in [1.54, 1.807) is 0 Å². The van der Waals surface area contributed by atoms with E-state index in [1.807, 2.05) is 0 Å². The number of hydrogen-bond donors (Lipinski definition) is 0. The molecule has 0 amide bonds. The topological polar surface area (TPSA) is 6.48 Å². The van der Waals surface area contributed by atoms with Crippen molar-refractivity contribution < 1.29 is 0 Å². The van der Waals surface area contributed by atoms with Crippen molar-refractivity contribution >= 4 is 45.2 Å². The predicted octanol–water partition coefficient (Wildman–Crippen LogP) is 5.46. The van der Waals surface area contributed by atoms with Gasteiger partial charge in [0.2, 0.25) is 0 Å². The summed E-state index contributed by atoms with van der Waals surface area (Å²) < 4.78 is 3.01. The number of rotatable bonds is 2. The van der Waals surface area contributed by atoms with Gasteiger partial charge in [-0.3, -0.25) is 0 Å². The zero-order valence-electron chi connectivity index (χ0n) is 15.9. The fourth-order valence-electron chi connectivity index (χ4n) is 4.22. The van der Waals surface area contributed by atoms with Crippen LogP contribution in [-0.2, 0) is 0 Å². The standard InChI is InChI=1S/C24H22N2Se/c1-16-8-4-6-10-21(16)26-15-25(3)24(17(26)2)18-12-13-23-20(14-18)19-9-5-7-11-22(19)27-23/h4-14H,15H2,1-3H3. The predicted molar refractivity (Wildman–Crippen MR) is 117 cm³/mol. The number of benzene rings is 3. The van der Waals surface area contributed by atoms with Crippen molar-refractivity contribution in [1.82, 2.24) is 4.90 Å². The molecule has 1 aliphatic heterocycles. The molecule has 0 saturated heterocycles. The van der Waals surface area contributed by atoms with Gasteiger partial charge in [-0.05, 0) is 0 Å². The molecule has 0 N–H and O–H groups in total. The van der Waals surface area contributed by atoms with Gasteiger partial charge >= 0.3 is 166 Å². The molecule has 3 aromatic carbocycles. The summed E-state index contributed by atoms with van der Waals surface area (Å²) in [7, 11) is 2.20. The Morgan fingerprint density at radius 1 is 0.815 bits per heavy atom. The van der Waals surface area contributed by atoms with Crippen LogP contribution in [0.1, 0.15) is 18.1 Å². The molecule has 0 spiro atoms. The third-order valence-corrected chi connectivity index (χ3v) is 7.96. The van der Waals surface area contributed by atoms with Crippen LogP contribution < -0.4 is 4.90 Å². The fourth-order valence-corrected chi connectivity index (χ4v) is 6.50. The van der Waals surface area contributed by atoms with Crippen molar-refractivity contribution in [3.8, 4) is 0 Å². The third kappa shape index (κ3) is 2.62. The Balaban J connectivity index is 1.66. The van der Waals surface area contributed by atoms with Gasteiger partial charge in [0.05, 0.1) is 0 Å². The summed E-state index contributed by atoms with van der Waals surface area (Å²) in [5.74, 6) is 0. The minimum atomic E-state index is 0.433. The van der Waals surface area contributed by atoms with Crippen LogP contribution in [0.5, 0.6) is 0 Å². The molecule has 0 bridgehead atoms. The molecule has 1 aromatic heterocycles. The van der Waals surface area contributed by atoms with Crippen molar-refractivity contribution in [3.05, 3.63) is 83.6 Å². The molecule has 2 nitrogen and oxygen atoms in total. The summed E-state index contributed by atoms with van der Waals surface area (Å²) in [4.78, 5) is 4.80. The molecule has 0 atom stereocenters. The van der Waals surface area contributed by atoms with Gasteiger partial charge in [0.15, 0.2) is 0 Å². The van der Waals surface area contributed by atoms with Gasteiger partial charge in [-0.2, -0.15) is 0 Å². The van der Waals surface area contributed by atoms with E-state index in [-0.39, 0.29) is 0 Å². The second kappa shape index (κ2) is 6.30. The number of fused-ring (bicyclic) bond motifs is 3. The second-order valence-electron chi connectivity index (χ2n) is 7.30. The molecule has 27 heavy (non-hydrogen) atoms. The number of allylic oxidation sites excluding steroid dienone is 1. The summed E-state index contributed by atoms with van der Waals surface area (Å²) in [5.41, 5.74) is 6.59. The molecule has 2 heterocycles. The quantitative estimate of drug-likeness (QED) is 0.400. The van der Waals surface area contributed by atoms with Crippen molar-refractivity contribution in [2.75, 3.05) is 18.6 Å². The minimum absolute atomic E-state index is 0.433. The molecule has 4 aromatic rings. The molecular formula is C24H22N2Se. The summed E-state index contributed by atoms with van der Waals surface area (Å²) >= 11 is 0.433. The Morgan fingerprint density at radius 3 is 2.41 bits per heavy atom. The van der Waals surface area contributed by atoms with Gasteiger partial charge < -0.3 is 0 Å². The first-order valence-electron chi connectivity index (χ1n) is 9.30. The van der Waals surface area contributed by atoms with E-state index in [4.69, 9.17) is 0 Å². The monoisotopic (exact) mass is 418 g/mol. The number of nitrogens with zero attached hydrogens (tertiary/aromatic N) is 2. The van der Waals surface area contributed by atoms with Crippen LogP contribution in [0.3, 0.4) is 0 Å². The molecule has 5 rings (SSSR count). The molecular weight excluding hydrogens is 395 g/mol. The molecule has 1 aliphatic rings. The van der Waals surface area contributed by atoms with Crippen molar-refractivity contribution in [3.63, 3.8) is 0 Å². The molecule has 134 valence electrons. The van der Waals surface area contributed by atoms with Gasteiger partial charge in [0.25, 0.3) is 0 Å². The van der Waals surface area contributed by atoms with E-state index in [1.165, 1.54) is 47.5 Å². The van der Waals surface area contributed by atoms with Crippen molar-refractivity contribution in [2.24, 2.45) is 0 Å². The van der Waals surface area contributed by atoms with Crippen LogP contribution >= 0.6 is 0 Å². The van der Waals surface area contributed by atoms with E-state index < -0.39 is 0 Å². The molecule has 0 aliphatic carbocycles. The van der Waals surface area contributed by atoms with E-state index in [0.717, 1.165) is 6.67 Å². The SMILES string of the molecule is CC1=C(c2ccc3[se]c4ccccc4c3c2)N(C)CN1c1ccccc1C. The number of anilines is 1. The van der Waals surface area contributed by atoms with E-state index >= 15 is 0 Å². The van der Waals surface area contributed by atoms with Crippen LogP contribution in [0.25, 0.3) is 25.0 Å². The molecule has 0 fully saturated rings. The molecule has 0 saturated carbocycles. The van der Waals surface area contributed by atoms with Crippen molar-refractivity contribution in [1.29, 1.82) is 0 Å². The first-order valence-corrected chi connectivity index (χ1v) is 11.0. The number of hydrogen-bond acceptors (Lipinski definition) is 2. The van der Waals surface area contributed by atoms with Crippen LogP contribution in [0.2, 0.25) is 0 Å². The zero-order chi connectivity index (χ0) is 18.5. The summed E-state index contributed by atoms with van der Waals surface area (Å²) in [6.45, 7) is 5.33. The summed E-state index contributed by atoms with van der Waals surface area (Å²) in [6.07, 6.45) is 0. The molecule has 0 unspecified atom stereocenters. The first-order chi connectivity index (χ1) is 13.1. The van der Waals surface area contributed by atoms with Crippen LogP contribution in [0, 0.1) is 6.92 Å². The third-order valence-electron chi connectivity index (χ3n) is 5.54. The second-order valence-corrected chi connectivity index (χ2v) is 9.57. The number of para-hydroxylation sites is 1. The molecule has 3 heteroatoms. The maximum absolute atomic E-state index is 2.43. The average Bonchev–Trinajstić information content (AvgIpc) is 3.18. The Morgan fingerprint density at radius 2 is 1.56 bits per heavy atom. The Kier molecular flexibility index (Phi) is 3.89. The normalized spacial score (nSPS) is 14.8. The van der Waals surface area contributed by atoms with E-state index in [0.29, 0.717) is 14.5 Å².